The average molecular weight is 230 g/mol. The van der Waals surface area contributed by atoms with Crippen molar-refractivity contribution in [3.8, 4) is 0 Å². The molecule has 0 saturated carbocycles. The van der Waals surface area contributed by atoms with Gasteiger partial charge in [0.2, 0.25) is 0 Å². The lowest BCUT2D eigenvalue weighted by molar-refractivity contribution is -0.164. The van der Waals surface area contributed by atoms with Crippen molar-refractivity contribution in [2.75, 3.05) is 0 Å². The van der Waals surface area contributed by atoms with E-state index in [2.05, 4.69) is 9.72 Å². The van der Waals surface area contributed by atoms with Crippen molar-refractivity contribution in [3.63, 3.8) is 0 Å². The van der Waals surface area contributed by atoms with E-state index >= 15 is 0 Å². The highest BCUT2D eigenvalue weighted by Crippen LogP contribution is 2.27. The molecule has 1 aliphatic heterocycles. The second-order valence-electron chi connectivity index (χ2n) is 4.08. The first kappa shape index (κ1) is 10.0. The summed E-state index contributed by atoms with van der Waals surface area (Å²) < 4.78 is 6.37. The Morgan fingerprint density at radius 1 is 1.24 bits per heavy atom. The number of carbonyl (C=O) groups is 2. The quantitative estimate of drug-likeness (QED) is 0.547. The lowest BCUT2D eigenvalue weighted by atomic mass is 9.96. The molecule has 86 valence electrons. The highest BCUT2D eigenvalue weighted by molar-refractivity contribution is 5.89. The summed E-state index contributed by atoms with van der Waals surface area (Å²) >= 11 is 0. The number of esters is 2. The van der Waals surface area contributed by atoms with Crippen molar-refractivity contribution >= 4 is 17.6 Å². The van der Waals surface area contributed by atoms with Gasteiger partial charge in [-0.1, -0.05) is 6.07 Å². The Morgan fingerprint density at radius 3 is 2.71 bits per heavy atom. The van der Waals surface area contributed by atoms with E-state index < -0.39 is 11.9 Å². The molecule has 17 heavy (non-hydrogen) atoms. The van der Waals surface area contributed by atoms with Gasteiger partial charge in [-0.3, -0.25) is 9.59 Å². The molecular formula is C12H10N2O3. The summed E-state index contributed by atoms with van der Waals surface area (Å²) in [6, 6.07) is 5.68. The van der Waals surface area contributed by atoms with E-state index in [9.17, 15) is 9.59 Å². The van der Waals surface area contributed by atoms with Crippen LogP contribution >= 0.6 is 0 Å². The fourth-order valence-corrected chi connectivity index (χ4v) is 2.04. The molecule has 1 fully saturated rings. The molecule has 2 aromatic heterocycles. The summed E-state index contributed by atoms with van der Waals surface area (Å²) in [4.78, 5) is 26.8. The van der Waals surface area contributed by atoms with Crippen LogP contribution in [0.1, 0.15) is 24.5 Å². The van der Waals surface area contributed by atoms with Crippen LogP contribution in [-0.2, 0) is 14.3 Å². The third-order valence-corrected chi connectivity index (χ3v) is 2.85. The number of imidazole rings is 1. The van der Waals surface area contributed by atoms with Gasteiger partial charge in [0.25, 0.3) is 0 Å². The van der Waals surface area contributed by atoms with Crippen LogP contribution in [0.5, 0.6) is 0 Å². The maximum absolute atomic E-state index is 11.2. The highest BCUT2D eigenvalue weighted by atomic mass is 16.6. The summed E-state index contributed by atoms with van der Waals surface area (Å²) in [7, 11) is 0. The maximum Gasteiger partial charge on any atom is 0.314 e. The molecule has 0 unspecified atom stereocenters. The predicted molar refractivity (Wildman–Crippen MR) is 58.3 cm³/mol. The van der Waals surface area contributed by atoms with Gasteiger partial charge in [-0.05, 0) is 12.1 Å². The van der Waals surface area contributed by atoms with Crippen molar-refractivity contribution in [1.82, 2.24) is 9.38 Å². The zero-order chi connectivity index (χ0) is 11.8. The average Bonchev–Trinajstić information content (AvgIpc) is 2.71. The first-order valence-corrected chi connectivity index (χ1v) is 5.39. The molecule has 0 aliphatic carbocycles. The normalized spacial score (nSPS) is 17.4. The van der Waals surface area contributed by atoms with E-state index in [1.165, 1.54) is 0 Å². The molecule has 0 N–H and O–H groups in total. The number of rotatable bonds is 1. The Bertz CT molecular complexity index is 554. The van der Waals surface area contributed by atoms with Crippen LogP contribution in [0.2, 0.25) is 0 Å². The summed E-state index contributed by atoms with van der Waals surface area (Å²) in [6.07, 6.45) is 4.17. The Balaban J connectivity index is 1.97. The van der Waals surface area contributed by atoms with Gasteiger partial charge >= 0.3 is 11.9 Å². The van der Waals surface area contributed by atoms with Gasteiger partial charge in [-0.25, -0.2) is 4.98 Å². The Hall–Kier alpha value is -2.17. The van der Waals surface area contributed by atoms with E-state index in [0.717, 1.165) is 11.3 Å². The molecule has 1 aliphatic rings. The molecule has 5 heteroatoms. The van der Waals surface area contributed by atoms with Gasteiger partial charge < -0.3 is 9.14 Å². The molecule has 2 aromatic rings. The molecule has 3 rings (SSSR count). The Labute approximate surface area is 97.0 Å². The molecule has 0 amide bonds. The standard InChI is InChI=1S/C12H10N2O3/c15-11-5-8(6-12(16)17-11)9-7-14-4-2-1-3-10(14)13-9/h1-4,7-8H,5-6H2. The Kier molecular flexibility index (Phi) is 2.18. The number of pyridine rings is 1. The second kappa shape index (κ2) is 3.69. The van der Waals surface area contributed by atoms with Gasteiger partial charge in [0.1, 0.15) is 5.65 Å². The highest BCUT2D eigenvalue weighted by Gasteiger charge is 2.29. The fourth-order valence-electron chi connectivity index (χ4n) is 2.04. The monoisotopic (exact) mass is 230 g/mol. The van der Waals surface area contributed by atoms with Crippen LogP contribution in [-0.4, -0.2) is 21.3 Å². The van der Waals surface area contributed by atoms with E-state index in [1.807, 2.05) is 35.0 Å². The van der Waals surface area contributed by atoms with Crippen LogP contribution < -0.4 is 0 Å². The molecule has 1 saturated heterocycles. The molecule has 5 nitrogen and oxygen atoms in total. The van der Waals surface area contributed by atoms with E-state index in [0.29, 0.717) is 0 Å². The number of carbonyl (C=O) groups excluding carboxylic acids is 2. The summed E-state index contributed by atoms with van der Waals surface area (Å²) in [5.41, 5.74) is 1.58. The van der Waals surface area contributed by atoms with E-state index in [4.69, 9.17) is 0 Å². The largest absolute Gasteiger partial charge is 0.393 e. The number of hydrogen-bond donors (Lipinski definition) is 0. The van der Waals surface area contributed by atoms with Crippen LogP contribution in [0.25, 0.3) is 5.65 Å². The first-order chi connectivity index (χ1) is 8.22. The van der Waals surface area contributed by atoms with Crippen LogP contribution in [0.15, 0.2) is 30.6 Å². The van der Waals surface area contributed by atoms with E-state index in [1.54, 1.807) is 0 Å². The summed E-state index contributed by atoms with van der Waals surface area (Å²) in [5.74, 6) is -1.10. The second-order valence-corrected chi connectivity index (χ2v) is 4.08. The predicted octanol–water partition coefficient (Wildman–Crippen LogP) is 1.28. The molecule has 0 aromatic carbocycles. The van der Waals surface area contributed by atoms with Gasteiger partial charge in [0.05, 0.1) is 18.5 Å². The third kappa shape index (κ3) is 1.80. The summed E-state index contributed by atoms with van der Waals surface area (Å²) in [6.45, 7) is 0. The minimum absolute atomic E-state index is 0.163. The maximum atomic E-state index is 11.2. The third-order valence-electron chi connectivity index (χ3n) is 2.85. The lowest BCUT2D eigenvalue weighted by Crippen LogP contribution is -2.24. The zero-order valence-electron chi connectivity index (χ0n) is 9.00. The topological polar surface area (TPSA) is 60.7 Å². The van der Waals surface area contributed by atoms with Crippen LogP contribution in [0.3, 0.4) is 0 Å². The number of cyclic esters (lactones) is 2. The number of nitrogens with zero attached hydrogens (tertiary/aromatic N) is 2. The van der Waals surface area contributed by atoms with Crippen LogP contribution in [0, 0.1) is 0 Å². The number of fused-ring (bicyclic) bond motifs is 1. The number of hydrogen-bond acceptors (Lipinski definition) is 4. The molecule has 0 bridgehead atoms. The smallest absolute Gasteiger partial charge is 0.314 e. The van der Waals surface area contributed by atoms with Gasteiger partial charge in [0, 0.05) is 18.3 Å². The fraction of sp³-hybridized carbons (Fsp3) is 0.250. The lowest BCUT2D eigenvalue weighted by Gasteiger charge is -2.17. The van der Waals surface area contributed by atoms with Crippen molar-refractivity contribution < 1.29 is 14.3 Å². The SMILES string of the molecule is O=C1CC(c2cn3ccccc3n2)CC(=O)O1. The van der Waals surface area contributed by atoms with Crippen molar-refractivity contribution in [2.45, 2.75) is 18.8 Å². The van der Waals surface area contributed by atoms with Gasteiger partial charge in [0.15, 0.2) is 0 Å². The number of aromatic nitrogens is 2. The zero-order valence-corrected chi connectivity index (χ0v) is 9.00. The van der Waals surface area contributed by atoms with Crippen molar-refractivity contribution in [1.29, 1.82) is 0 Å². The number of ether oxygens (including phenoxy) is 1. The Morgan fingerprint density at radius 2 is 2.00 bits per heavy atom. The van der Waals surface area contributed by atoms with Crippen molar-refractivity contribution in [2.24, 2.45) is 0 Å². The molecule has 0 radical (unpaired) electrons. The first-order valence-electron chi connectivity index (χ1n) is 5.39. The minimum atomic E-state index is -0.469. The molecule has 0 atom stereocenters. The molecular weight excluding hydrogens is 220 g/mol. The minimum Gasteiger partial charge on any atom is -0.393 e. The van der Waals surface area contributed by atoms with Crippen LogP contribution in [0.4, 0.5) is 0 Å². The van der Waals surface area contributed by atoms with E-state index in [-0.39, 0.29) is 18.8 Å². The van der Waals surface area contributed by atoms with Gasteiger partial charge in [-0.15, -0.1) is 0 Å². The molecule has 0 spiro atoms. The summed E-state index contributed by atoms with van der Waals surface area (Å²) in [5, 5.41) is 0. The van der Waals surface area contributed by atoms with Gasteiger partial charge in [-0.2, -0.15) is 0 Å². The van der Waals surface area contributed by atoms with Crippen molar-refractivity contribution in [3.05, 3.63) is 36.3 Å². The molecule has 3 heterocycles.